The Morgan fingerprint density at radius 1 is 1.60 bits per heavy atom. The molecule has 0 saturated heterocycles. The molecule has 0 radical (unpaired) electrons. The van der Waals surface area contributed by atoms with Gasteiger partial charge in [0.05, 0.1) is 0 Å². The molecular weight excluding hydrogens is 141 g/mol. The average molecular weight is 155 g/mol. The van der Waals surface area contributed by atoms with Crippen LogP contribution < -0.4 is 5.73 Å². The molecule has 0 aliphatic carbocycles. The van der Waals surface area contributed by atoms with E-state index < -0.39 is 12.0 Å². The van der Waals surface area contributed by atoms with E-state index in [9.17, 15) is 4.79 Å². The van der Waals surface area contributed by atoms with Gasteiger partial charge >= 0.3 is 35.5 Å². The van der Waals surface area contributed by atoms with E-state index in [1.54, 1.807) is 0 Å². The first-order chi connectivity index (χ1) is 4.04. The fourth-order valence-corrected chi connectivity index (χ4v) is 0.609. The number of nitrogens with two attached hydrogens (primary N) is 1. The molecule has 0 aromatic carbocycles. The van der Waals surface area contributed by atoms with Gasteiger partial charge in [0.15, 0.2) is 0 Å². The fourth-order valence-electron chi connectivity index (χ4n) is 0.609. The van der Waals surface area contributed by atoms with E-state index in [1.807, 2.05) is 13.8 Å². The molecule has 3 N–H and O–H groups in total. The van der Waals surface area contributed by atoms with Gasteiger partial charge in [0.25, 0.3) is 0 Å². The summed E-state index contributed by atoms with van der Waals surface area (Å²) in [5.74, 6) is -0.556. The molecular formula is C6H14NNaO2. The standard InChI is InChI=1S/C6H13NO2.Na.H/c1-4(2)3-5(7)6(8)9;;/h4-5H,3,7H2,1-2H3,(H,8,9);;/t5-;;/m0../s1. The van der Waals surface area contributed by atoms with Crippen LogP contribution in [0.1, 0.15) is 20.3 Å². The van der Waals surface area contributed by atoms with E-state index in [1.165, 1.54) is 0 Å². The number of carboxylic acids is 1. The molecule has 3 nitrogen and oxygen atoms in total. The number of hydrogen-bond donors (Lipinski definition) is 2. The van der Waals surface area contributed by atoms with Gasteiger partial charge in [-0.15, -0.1) is 0 Å². The molecule has 0 amide bonds. The SMILES string of the molecule is CC(C)C[C@H](N)C(=O)O.[NaH]. The fraction of sp³-hybridized carbons (Fsp3) is 0.833. The number of rotatable bonds is 3. The quantitative estimate of drug-likeness (QED) is 0.554. The molecule has 0 spiro atoms. The Hall–Kier alpha value is 0.430. The van der Waals surface area contributed by atoms with Crippen molar-refractivity contribution in [3.8, 4) is 0 Å². The van der Waals surface area contributed by atoms with Crippen LogP contribution in [0, 0.1) is 5.92 Å². The van der Waals surface area contributed by atoms with Crippen LogP contribution in [-0.4, -0.2) is 46.7 Å². The monoisotopic (exact) mass is 155 g/mol. The second-order valence-corrected chi connectivity index (χ2v) is 2.57. The van der Waals surface area contributed by atoms with Crippen molar-refractivity contribution in [1.82, 2.24) is 0 Å². The maximum atomic E-state index is 10.1. The third kappa shape index (κ3) is 6.55. The zero-order chi connectivity index (χ0) is 7.44. The van der Waals surface area contributed by atoms with Gasteiger partial charge in [-0.2, -0.15) is 0 Å². The van der Waals surface area contributed by atoms with Crippen molar-refractivity contribution in [3.63, 3.8) is 0 Å². The second-order valence-electron chi connectivity index (χ2n) is 2.57. The Kier molecular flexibility index (Phi) is 8.04. The maximum absolute atomic E-state index is 10.1. The molecule has 0 bridgehead atoms. The predicted molar refractivity (Wildman–Crippen MR) is 42.2 cm³/mol. The van der Waals surface area contributed by atoms with Crippen LogP contribution in [0.5, 0.6) is 0 Å². The summed E-state index contributed by atoms with van der Waals surface area (Å²) in [4.78, 5) is 10.1. The van der Waals surface area contributed by atoms with Gasteiger partial charge in [-0.3, -0.25) is 4.79 Å². The summed E-state index contributed by atoms with van der Waals surface area (Å²) in [7, 11) is 0. The number of carbonyl (C=O) groups is 1. The van der Waals surface area contributed by atoms with Crippen LogP contribution in [-0.2, 0) is 4.79 Å². The zero-order valence-corrected chi connectivity index (χ0v) is 5.79. The van der Waals surface area contributed by atoms with Crippen molar-refractivity contribution in [2.24, 2.45) is 11.7 Å². The summed E-state index contributed by atoms with van der Waals surface area (Å²) in [5.41, 5.74) is 5.22. The van der Waals surface area contributed by atoms with Gasteiger partial charge < -0.3 is 10.8 Å². The van der Waals surface area contributed by atoms with Crippen molar-refractivity contribution in [2.75, 3.05) is 0 Å². The summed E-state index contributed by atoms with van der Waals surface area (Å²) in [6.07, 6.45) is 0.551. The van der Waals surface area contributed by atoms with E-state index in [0.717, 1.165) is 0 Å². The molecule has 10 heavy (non-hydrogen) atoms. The number of carboxylic acid groups (broad SMARTS) is 1. The molecule has 0 fully saturated rings. The Labute approximate surface area is 83.3 Å². The van der Waals surface area contributed by atoms with E-state index >= 15 is 0 Å². The molecule has 0 aliphatic heterocycles. The van der Waals surface area contributed by atoms with Crippen LogP contribution in [0.3, 0.4) is 0 Å². The van der Waals surface area contributed by atoms with Gasteiger partial charge in [0.1, 0.15) is 6.04 Å². The minimum absolute atomic E-state index is 0. The molecule has 0 saturated carbocycles. The molecule has 0 aliphatic rings. The van der Waals surface area contributed by atoms with E-state index in [0.29, 0.717) is 12.3 Å². The Morgan fingerprint density at radius 3 is 2.10 bits per heavy atom. The second kappa shape index (κ2) is 6.16. The normalized spacial score (nSPS) is 12.4. The van der Waals surface area contributed by atoms with Gasteiger partial charge in [0.2, 0.25) is 0 Å². The first-order valence-electron chi connectivity index (χ1n) is 3.02. The van der Waals surface area contributed by atoms with Crippen LogP contribution in [0.2, 0.25) is 0 Å². The Balaban J connectivity index is 0. The first kappa shape index (κ1) is 13.1. The Bertz CT molecular complexity index is 106. The first-order valence-corrected chi connectivity index (χ1v) is 3.02. The van der Waals surface area contributed by atoms with Gasteiger partial charge in [-0.1, -0.05) is 13.8 Å². The molecule has 0 unspecified atom stereocenters. The molecule has 1 atom stereocenters. The van der Waals surface area contributed by atoms with Gasteiger partial charge in [0, 0.05) is 0 Å². The summed E-state index contributed by atoms with van der Waals surface area (Å²) in [6.45, 7) is 3.89. The van der Waals surface area contributed by atoms with E-state index in [-0.39, 0.29) is 29.6 Å². The van der Waals surface area contributed by atoms with E-state index in [4.69, 9.17) is 10.8 Å². The summed E-state index contributed by atoms with van der Waals surface area (Å²) >= 11 is 0. The van der Waals surface area contributed by atoms with Crippen LogP contribution in [0.15, 0.2) is 0 Å². The molecule has 0 aromatic heterocycles. The van der Waals surface area contributed by atoms with Gasteiger partial charge in [-0.05, 0) is 12.3 Å². The molecule has 4 heteroatoms. The molecule has 0 rings (SSSR count). The molecule has 0 heterocycles. The van der Waals surface area contributed by atoms with Crippen LogP contribution in [0.4, 0.5) is 0 Å². The van der Waals surface area contributed by atoms with Gasteiger partial charge in [-0.25, -0.2) is 0 Å². The van der Waals surface area contributed by atoms with Crippen molar-refractivity contribution in [1.29, 1.82) is 0 Å². The summed E-state index contributed by atoms with van der Waals surface area (Å²) < 4.78 is 0. The third-order valence-electron chi connectivity index (χ3n) is 1.04. The van der Waals surface area contributed by atoms with Crippen LogP contribution in [0.25, 0.3) is 0 Å². The molecule has 0 aromatic rings. The van der Waals surface area contributed by atoms with Crippen molar-refractivity contribution in [3.05, 3.63) is 0 Å². The van der Waals surface area contributed by atoms with Crippen molar-refractivity contribution in [2.45, 2.75) is 26.3 Å². The number of hydrogen-bond acceptors (Lipinski definition) is 2. The topological polar surface area (TPSA) is 63.3 Å². The van der Waals surface area contributed by atoms with E-state index in [2.05, 4.69) is 0 Å². The van der Waals surface area contributed by atoms with Crippen molar-refractivity contribution >= 4 is 35.5 Å². The minimum atomic E-state index is -0.913. The summed E-state index contributed by atoms with van der Waals surface area (Å²) in [6, 6.07) is -0.690. The zero-order valence-electron chi connectivity index (χ0n) is 5.79. The summed E-state index contributed by atoms with van der Waals surface area (Å²) in [5, 5.41) is 8.31. The van der Waals surface area contributed by atoms with Crippen molar-refractivity contribution < 1.29 is 9.90 Å². The number of aliphatic carboxylic acids is 1. The molecule has 56 valence electrons. The Morgan fingerprint density at radius 2 is 2.00 bits per heavy atom. The third-order valence-corrected chi connectivity index (χ3v) is 1.04. The average Bonchev–Trinajstić information content (AvgIpc) is 1.63. The van der Waals surface area contributed by atoms with Crippen LogP contribution >= 0.6 is 0 Å². The predicted octanol–water partition coefficient (Wildman–Crippen LogP) is -0.204.